The van der Waals surface area contributed by atoms with Crippen molar-refractivity contribution in [3.8, 4) is 5.75 Å². The Hall–Kier alpha value is -2.79. The van der Waals surface area contributed by atoms with Gasteiger partial charge in [0.1, 0.15) is 5.75 Å². The van der Waals surface area contributed by atoms with Crippen LogP contribution in [-0.2, 0) is 16.1 Å². The molecule has 0 aliphatic rings. The number of amides is 1. The topological polar surface area (TPSA) is 52.5 Å². The number of carbonyl (C=O) groups excluding carboxylic acids is 1. The van der Waals surface area contributed by atoms with E-state index in [4.69, 9.17) is 9.47 Å². The second-order valence-electron chi connectivity index (χ2n) is 9.04. The second kappa shape index (κ2) is 10.0. The van der Waals surface area contributed by atoms with Gasteiger partial charge >= 0.3 is 0 Å². The molecular weight excluding hydrogens is 388 g/mol. The minimum Gasteiger partial charge on any atom is -0.497 e. The molecule has 31 heavy (non-hydrogen) atoms. The first kappa shape index (κ1) is 22.9. The predicted octanol–water partition coefficient (Wildman–Crippen LogP) is 4.98. The van der Waals surface area contributed by atoms with Crippen molar-refractivity contribution in [2.45, 2.75) is 39.7 Å². The molecule has 1 amide bonds. The zero-order valence-electron chi connectivity index (χ0n) is 19.3. The van der Waals surface area contributed by atoms with Gasteiger partial charge in [0.25, 0.3) is 0 Å². The van der Waals surface area contributed by atoms with Gasteiger partial charge in [-0.2, -0.15) is 0 Å². The van der Waals surface area contributed by atoms with Crippen molar-refractivity contribution in [1.29, 1.82) is 0 Å². The van der Waals surface area contributed by atoms with Gasteiger partial charge in [0.05, 0.1) is 13.7 Å². The fourth-order valence-electron chi connectivity index (χ4n) is 4.04. The molecule has 2 aromatic carbocycles. The largest absolute Gasteiger partial charge is 0.497 e. The molecule has 0 fully saturated rings. The van der Waals surface area contributed by atoms with E-state index >= 15 is 0 Å². The highest BCUT2D eigenvalue weighted by Crippen LogP contribution is 2.41. The summed E-state index contributed by atoms with van der Waals surface area (Å²) in [5, 5.41) is 4.19. The van der Waals surface area contributed by atoms with E-state index < -0.39 is 0 Å². The van der Waals surface area contributed by atoms with Crippen molar-refractivity contribution >= 4 is 16.8 Å². The van der Waals surface area contributed by atoms with Crippen LogP contribution in [-0.4, -0.2) is 37.8 Å². The predicted molar refractivity (Wildman–Crippen MR) is 126 cm³/mol. The highest BCUT2D eigenvalue weighted by atomic mass is 16.5. The molecule has 0 spiro atoms. The van der Waals surface area contributed by atoms with Gasteiger partial charge in [-0.15, -0.1) is 0 Å². The lowest BCUT2D eigenvalue weighted by Gasteiger charge is -2.30. The number of methoxy groups -OCH3 is 2. The molecule has 0 aliphatic carbocycles. The summed E-state index contributed by atoms with van der Waals surface area (Å²) in [7, 11) is 3.32. The van der Waals surface area contributed by atoms with Crippen molar-refractivity contribution in [3.63, 3.8) is 0 Å². The molecule has 0 aliphatic heterocycles. The van der Waals surface area contributed by atoms with E-state index in [0.29, 0.717) is 19.6 Å². The SMILES string of the molecule is COCCNC(=O)C[C@@H](c1cn(Cc2ccc(OC)cc2)c2ccccc12)C(C)(C)C. The Kier molecular flexibility index (Phi) is 7.39. The third-order valence-corrected chi connectivity index (χ3v) is 5.77. The minimum atomic E-state index is -0.0618. The smallest absolute Gasteiger partial charge is 0.220 e. The van der Waals surface area contributed by atoms with E-state index in [-0.39, 0.29) is 17.2 Å². The normalized spacial score (nSPS) is 12.7. The number of nitrogens with zero attached hydrogens (tertiary/aromatic N) is 1. The summed E-state index contributed by atoms with van der Waals surface area (Å²) in [5.74, 6) is 1.01. The first-order chi connectivity index (χ1) is 14.8. The van der Waals surface area contributed by atoms with Gasteiger partial charge in [0, 0.05) is 43.7 Å². The van der Waals surface area contributed by atoms with E-state index in [1.165, 1.54) is 22.0 Å². The highest BCUT2D eigenvalue weighted by Gasteiger charge is 2.31. The van der Waals surface area contributed by atoms with Gasteiger partial charge in [0.15, 0.2) is 0 Å². The molecule has 0 radical (unpaired) electrons. The quantitative estimate of drug-likeness (QED) is 0.495. The van der Waals surface area contributed by atoms with Crippen LogP contribution in [0.3, 0.4) is 0 Å². The third kappa shape index (κ3) is 5.67. The van der Waals surface area contributed by atoms with Crippen molar-refractivity contribution in [1.82, 2.24) is 9.88 Å². The monoisotopic (exact) mass is 422 g/mol. The molecule has 166 valence electrons. The molecule has 0 bridgehead atoms. The van der Waals surface area contributed by atoms with Gasteiger partial charge in [-0.1, -0.05) is 51.1 Å². The van der Waals surface area contributed by atoms with Crippen LogP contribution in [0, 0.1) is 5.41 Å². The molecule has 0 saturated carbocycles. The average molecular weight is 423 g/mol. The van der Waals surface area contributed by atoms with Crippen LogP contribution in [0.25, 0.3) is 10.9 Å². The molecule has 1 aromatic heterocycles. The van der Waals surface area contributed by atoms with Crippen molar-refractivity contribution < 1.29 is 14.3 Å². The van der Waals surface area contributed by atoms with Crippen molar-refractivity contribution in [3.05, 3.63) is 65.9 Å². The molecule has 3 rings (SSSR count). The first-order valence-electron chi connectivity index (χ1n) is 10.8. The molecule has 1 N–H and O–H groups in total. The summed E-state index contributed by atoms with van der Waals surface area (Å²) in [6.45, 7) is 8.43. The van der Waals surface area contributed by atoms with Crippen molar-refractivity contribution in [2.75, 3.05) is 27.4 Å². The molecule has 3 aromatic rings. The van der Waals surface area contributed by atoms with E-state index in [1.807, 2.05) is 12.1 Å². The van der Waals surface area contributed by atoms with Gasteiger partial charge in [-0.3, -0.25) is 4.79 Å². The molecule has 0 unspecified atom stereocenters. The van der Waals surface area contributed by atoms with E-state index in [2.05, 4.69) is 73.3 Å². The molecule has 5 heteroatoms. The van der Waals surface area contributed by atoms with E-state index in [1.54, 1.807) is 14.2 Å². The zero-order valence-corrected chi connectivity index (χ0v) is 19.3. The van der Waals surface area contributed by atoms with Crippen LogP contribution >= 0.6 is 0 Å². The van der Waals surface area contributed by atoms with Gasteiger partial charge in [-0.25, -0.2) is 0 Å². The lowest BCUT2D eigenvalue weighted by molar-refractivity contribution is -0.122. The van der Waals surface area contributed by atoms with Gasteiger partial charge < -0.3 is 19.4 Å². The molecule has 1 heterocycles. The number of hydrogen-bond donors (Lipinski definition) is 1. The van der Waals surface area contributed by atoms with Crippen LogP contribution in [0.4, 0.5) is 0 Å². The fourth-order valence-corrected chi connectivity index (χ4v) is 4.04. The summed E-state index contributed by atoms with van der Waals surface area (Å²) >= 11 is 0. The fraction of sp³-hybridized carbons (Fsp3) is 0.423. The summed E-state index contributed by atoms with van der Waals surface area (Å²) in [5.41, 5.74) is 3.55. The number of nitrogens with one attached hydrogen (secondary N) is 1. The Balaban J connectivity index is 1.94. The lowest BCUT2D eigenvalue weighted by atomic mass is 9.74. The summed E-state index contributed by atoms with van der Waals surface area (Å²) in [6.07, 6.45) is 2.68. The Morgan fingerprint density at radius 1 is 1.06 bits per heavy atom. The number of carbonyl (C=O) groups is 1. The van der Waals surface area contributed by atoms with Crippen LogP contribution in [0.5, 0.6) is 5.75 Å². The first-order valence-corrected chi connectivity index (χ1v) is 10.8. The number of benzene rings is 2. The summed E-state index contributed by atoms with van der Waals surface area (Å²) < 4.78 is 12.6. The Morgan fingerprint density at radius 3 is 2.42 bits per heavy atom. The highest BCUT2D eigenvalue weighted by molar-refractivity contribution is 5.86. The van der Waals surface area contributed by atoms with Crippen LogP contribution in [0.15, 0.2) is 54.7 Å². The summed E-state index contributed by atoms with van der Waals surface area (Å²) in [4.78, 5) is 12.7. The summed E-state index contributed by atoms with van der Waals surface area (Å²) in [6, 6.07) is 16.6. The third-order valence-electron chi connectivity index (χ3n) is 5.77. The zero-order chi connectivity index (χ0) is 22.4. The van der Waals surface area contributed by atoms with E-state index in [0.717, 1.165) is 12.3 Å². The Morgan fingerprint density at radius 2 is 1.77 bits per heavy atom. The Bertz CT molecular complexity index is 1000. The number of aromatic nitrogens is 1. The van der Waals surface area contributed by atoms with E-state index in [9.17, 15) is 4.79 Å². The van der Waals surface area contributed by atoms with Crippen LogP contribution in [0.1, 0.15) is 44.2 Å². The molecule has 1 atom stereocenters. The number of para-hydroxylation sites is 1. The maximum absolute atomic E-state index is 12.7. The molecule has 5 nitrogen and oxygen atoms in total. The van der Waals surface area contributed by atoms with Crippen LogP contribution < -0.4 is 10.1 Å². The van der Waals surface area contributed by atoms with Crippen LogP contribution in [0.2, 0.25) is 0 Å². The Labute approximate surface area is 185 Å². The van der Waals surface area contributed by atoms with Crippen molar-refractivity contribution in [2.24, 2.45) is 5.41 Å². The average Bonchev–Trinajstić information content (AvgIpc) is 3.10. The number of ether oxygens (including phenoxy) is 2. The lowest BCUT2D eigenvalue weighted by Crippen LogP contribution is -2.31. The molecular formula is C26H34N2O3. The van der Waals surface area contributed by atoms with Gasteiger partial charge in [-0.05, 0) is 40.7 Å². The maximum Gasteiger partial charge on any atom is 0.220 e. The standard InChI is InChI=1S/C26H34N2O3/c1-26(2,3)23(16-25(29)27-14-15-30-4)22-18-28(24-9-7-6-8-21(22)24)17-19-10-12-20(31-5)13-11-19/h6-13,18,23H,14-17H2,1-5H3,(H,27,29)/t23-/m0/s1. The second-order valence-corrected chi connectivity index (χ2v) is 9.04. The molecule has 0 saturated heterocycles. The number of rotatable bonds is 9. The van der Waals surface area contributed by atoms with Gasteiger partial charge in [0.2, 0.25) is 5.91 Å². The number of hydrogen-bond acceptors (Lipinski definition) is 3. The number of fused-ring (bicyclic) bond motifs is 1. The maximum atomic E-state index is 12.7. The minimum absolute atomic E-state index is 0.0592.